The fourth-order valence-electron chi connectivity index (χ4n) is 5.35. The van der Waals surface area contributed by atoms with Crippen molar-refractivity contribution in [3.63, 3.8) is 0 Å². The van der Waals surface area contributed by atoms with Gasteiger partial charge in [0.2, 0.25) is 0 Å². The van der Waals surface area contributed by atoms with E-state index in [1.54, 1.807) is 6.92 Å². The number of methoxy groups -OCH3 is 1. The van der Waals surface area contributed by atoms with Gasteiger partial charge in [-0.1, -0.05) is 65.8 Å². The van der Waals surface area contributed by atoms with Gasteiger partial charge in [-0.05, 0) is 30.5 Å². The van der Waals surface area contributed by atoms with Gasteiger partial charge in [0, 0.05) is 18.9 Å². The van der Waals surface area contributed by atoms with Crippen LogP contribution in [0.25, 0.3) is 10.4 Å². The quantitative estimate of drug-likeness (QED) is 0.104. The van der Waals surface area contributed by atoms with Crippen LogP contribution in [-0.2, 0) is 55.9 Å². The van der Waals surface area contributed by atoms with Crippen molar-refractivity contribution in [2.24, 2.45) is 5.11 Å². The highest BCUT2D eigenvalue weighted by atomic mass is 31.0. The van der Waals surface area contributed by atoms with Gasteiger partial charge in [-0.2, -0.15) is 0 Å². The lowest BCUT2D eigenvalue weighted by atomic mass is 9.95. The van der Waals surface area contributed by atoms with Gasteiger partial charge in [0.25, 0.3) is 0 Å². The molecule has 0 aliphatic carbocycles. The Morgan fingerprint density at radius 1 is 0.837 bits per heavy atom. The molecule has 5 unspecified atom stereocenters. The topological polar surface area (TPSA) is 140 Å². The van der Waals surface area contributed by atoms with Crippen LogP contribution in [0.15, 0.2) is 65.8 Å². The molecule has 0 spiro atoms. The van der Waals surface area contributed by atoms with Crippen LogP contribution >= 0.6 is 9.24 Å². The van der Waals surface area contributed by atoms with Crippen LogP contribution in [0, 0.1) is 0 Å². The minimum atomic E-state index is -1.02. The minimum absolute atomic E-state index is 0.234. The Morgan fingerprint density at radius 2 is 1.42 bits per heavy atom. The number of hydrogen-bond donors (Lipinski definition) is 0. The Balaban J connectivity index is 1.64. The molecule has 2 fully saturated rings. The Hall–Kier alpha value is -2.63. The summed E-state index contributed by atoms with van der Waals surface area (Å²) in [5.41, 5.74) is 11.2. The number of esters is 1. The molecule has 12 nitrogen and oxygen atoms in total. The average molecular weight is 618 g/mol. The molecule has 2 aliphatic rings. The lowest BCUT2D eigenvalue weighted by molar-refractivity contribution is -0.354. The Labute approximate surface area is 254 Å². The normalized spacial score (nSPS) is 32.5. The highest BCUT2D eigenvalue weighted by Gasteiger charge is 2.53. The predicted molar refractivity (Wildman–Crippen MR) is 159 cm³/mol. The highest BCUT2D eigenvalue weighted by molar-refractivity contribution is 7.16. The Bertz CT molecular complexity index is 1190. The van der Waals surface area contributed by atoms with Gasteiger partial charge >= 0.3 is 5.97 Å². The number of azide groups is 1. The summed E-state index contributed by atoms with van der Waals surface area (Å²) in [6.45, 7) is 5.44. The fraction of sp³-hybridized carbons (Fsp3) is 0.567. The van der Waals surface area contributed by atoms with Crippen molar-refractivity contribution in [3.05, 3.63) is 82.2 Å². The summed E-state index contributed by atoms with van der Waals surface area (Å²) >= 11 is 0. The van der Waals surface area contributed by atoms with Crippen LogP contribution < -0.4 is 0 Å². The van der Waals surface area contributed by atoms with Crippen LogP contribution in [0.1, 0.15) is 31.9 Å². The van der Waals surface area contributed by atoms with Crippen molar-refractivity contribution in [1.29, 1.82) is 0 Å². The van der Waals surface area contributed by atoms with E-state index in [0.717, 1.165) is 11.1 Å². The van der Waals surface area contributed by atoms with Crippen molar-refractivity contribution in [2.45, 2.75) is 95.3 Å². The third-order valence-electron chi connectivity index (χ3n) is 7.37. The molecule has 2 aromatic rings. The van der Waals surface area contributed by atoms with Crippen molar-refractivity contribution in [3.8, 4) is 0 Å². The standard InChI is InChI=1S/C30H40N3O9P/c1-18-23(32-33-31)25(37-16-22-13-9-6-10-14-22)27(35-4)30(39-18)42-26-24(36-15-21-11-7-5-8-12-21)19(2)40-29(38-17-43)28(26)41-20(3)34/h5-14,18-19,23-30H,15-17,43H2,1-4H3/t18?,19?,23-,24+,25+,26+,27?,28?,29-,30+/m1/s1. The molecular weight excluding hydrogens is 577 g/mol. The van der Waals surface area contributed by atoms with Crippen LogP contribution in [-0.4, -0.2) is 80.8 Å². The molecule has 0 N–H and O–H groups in total. The molecule has 11 atom stereocenters. The molecule has 2 aliphatic heterocycles. The van der Waals surface area contributed by atoms with E-state index in [1.165, 1.54) is 14.0 Å². The van der Waals surface area contributed by atoms with Gasteiger partial charge in [0.1, 0.15) is 24.4 Å². The molecule has 2 heterocycles. The molecule has 0 saturated carbocycles. The largest absolute Gasteiger partial charge is 0.454 e. The summed E-state index contributed by atoms with van der Waals surface area (Å²) in [7, 11) is 3.97. The summed E-state index contributed by atoms with van der Waals surface area (Å²) < 4.78 is 49.1. The van der Waals surface area contributed by atoms with Gasteiger partial charge in [-0.3, -0.25) is 4.79 Å². The zero-order valence-corrected chi connectivity index (χ0v) is 25.9. The van der Waals surface area contributed by atoms with Crippen LogP contribution in [0.5, 0.6) is 0 Å². The van der Waals surface area contributed by atoms with Crippen molar-refractivity contribution in [2.75, 3.05) is 13.5 Å². The van der Waals surface area contributed by atoms with Crippen molar-refractivity contribution in [1.82, 2.24) is 0 Å². The zero-order valence-electron chi connectivity index (χ0n) is 24.8. The average Bonchev–Trinajstić information content (AvgIpc) is 3.00. The number of carbonyl (C=O) groups is 1. The number of rotatable bonds is 13. The summed E-state index contributed by atoms with van der Waals surface area (Å²) in [4.78, 5) is 15.3. The van der Waals surface area contributed by atoms with Gasteiger partial charge in [-0.25, -0.2) is 0 Å². The zero-order chi connectivity index (χ0) is 30.8. The van der Waals surface area contributed by atoms with Crippen LogP contribution in [0.3, 0.4) is 0 Å². The Morgan fingerprint density at radius 3 is 1.95 bits per heavy atom. The van der Waals surface area contributed by atoms with Gasteiger partial charge in [0.15, 0.2) is 18.7 Å². The molecule has 0 bridgehead atoms. The highest BCUT2D eigenvalue weighted by Crippen LogP contribution is 2.35. The first-order valence-corrected chi connectivity index (χ1v) is 15.0. The summed E-state index contributed by atoms with van der Waals surface area (Å²) in [5.74, 6) is -0.537. The maximum Gasteiger partial charge on any atom is 0.303 e. The van der Waals surface area contributed by atoms with E-state index < -0.39 is 67.3 Å². The second kappa shape index (κ2) is 16.4. The van der Waals surface area contributed by atoms with E-state index >= 15 is 0 Å². The van der Waals surface area contributed by atoms with E-state index in [9.17, 15) is 10.3 Å². The maximum atomic E-state index is 12.3. The third-order valence-corrected chi connectivity index (χ3v) is 7.56. The second-order valence-corrected chi connectivity index (χ2v) is 10.7. The smallest absolute Gasteiger partial charge is 0.303 e. The first kappa shape index (κ1) is 33.3. The number of ether oxygens (including phenoxy) is 8. The van der Waals surface area contributed by atoms with Crippen molar-refractivity contribution >= 4 is 15.2 Å². The molecule has 2 saturated heterocycles. The fourth-order valence-corrected chi connectivity index (χ4v) is 5.53. The molecule has 0 radical (unpaired) electrons. The molecule has 0 aromatic heterocycles. The second-order valence-electron chi connectivity index (χ2n) is 10.3. The van der Waals surface area contributed by atoms with E-state index in [2.05, 4.69) is 19.3 Å². The minimum Gasteiger partial charge on any atom is -0.454 e. The summed E-state index contributed by atoms with van der Waals surface area (Å²) in [6, 6.07) is 18.6. The third kappa shape index (κ3) is 8.73. The number of benzene rings is 2. The monoisotopic (exact) mass is 617 g/mol. The summed E-state index contributed by atoms with van der Waals surface area (Å²) in [6.07, 6.45) is -6.93. The molecule has 0 amide bonds. The predicted octanol–water partition coefficient (Wildman–Crippen LogP) is 4.51. The summed E-state index contributed by atoms with van der Waals surface area (Å²) in [5, 5.41) is 3.98. The molecule has 43 heavy (non-hydrogen) atoms. The molecule has 234 valence electrons. The molecular formula is C30H40N3O9P. The lowest BCUT2D eigenvalue weighted by Gasteiger charge is -2.48. The van der Waals surface area contributed by atoms with E-state index in [0.29, 0.717) is 0 Å². The molecule has 2 aromatic carbocycles. The van der Waals surface area contributed by atoms with Gasteiger partial charge < -0.3 is 37.9 Å². The van der Waals surface area contributed by atoms with E-state index in [1.807, 2.05) is 67.6 Å². The maximum absolute atomic E-state index is 12.3. The number of carbonyl (C=O) groups excluding carboxylic acids is 1. The Kier molecular flexibility index (Phi) is 12.7. The van der Waals surface area contributed by atoms with Crippen molar-refractivity contribution < 1.29 is 42.7 Å². The van der Waals surface area contributed by atoms with Crippen LogP contribution in [0.2, 0.25) is 0 Å². The van der Waals surface area contributed by atoms with E-state index in [4.69, 9.17) is 37.9 Å². The van der Waals surface area contributed by atoms with E-state index in [-0.39, 0.29) is 19.6 Å². The number of nitrogens with zero attached hydrogens (tertiary/aromatic N) is 3. The van der Waals surface area contributed by atoms with Crippen LogP contribution in [0.4, 0.5) is 0 Å². The van der Waals surface area contributed by atoms with Gasteiger partial charge in [-0.15, -0.1) is 9.24 Å². The number of hydrogen-bond acceptors (Lipinski definition) is 10. The van der Waals surface area contributed by atoms with Gasteiger partial charge in [0.05, 0.1) is 37.8 Å². The first-order valence-electron chi connectivity index (χ1n) is 14.2. The molecule has 13 heteroatoms. The SMILES string of the molecule is COC1[C@H](O[C@@H]2C(OC(C)=O)[C@H](OCP)OC(C)[C@@H]2OCc2ccccc2)OC(C)[C@@H](N=[N+]=[N-])[C@@H]1OCc1ccccc1. The first-order chi connectivity index (χ1) is 20.9. The molecule has 4 rings (SSSR count). The lowest BCUT2D eigenvalue weighted by Crippen LogP contribution is -2.64.